The summed E-state index contributed by atoms with van der Waals surface area (Å²) in [6.07, 6.45) is 0.430. The lowest BCUT2D eigenvalue weighted by Gasteiger charge is -2.24. The van der Waals surface area contributed by atoms with E-state index in [-0.39, 0.29) is 36.8 Å². The molecule has 0 atom stereocenters. The van der Waals surface area contributed by atoms with Crippen molar-refractivity contribution >= 4 is 33.4 Å². The second-order valence-corrected chi connectivity index (χ2v) is 8.06. The number of carbonyl (C=O) groups is 2. The molecule has 7 nitrogen and oxygen atoms in total. The normalized spacial score (nSPS) is 11.3. The molecule has 0 radical (unpaired) electrons. The standard InChI is InChI=1S/C18H25N3O4S/c1-10(2)9-21(8-7-15(23)24)14(22)6-5-13-19-17(25)16-11(3)12(4)26-18(16)20-13/h10H,5-9H2,1-4H3,(H,23,24)(H,19,20,25). The van der Waals surface area contributed by atoms with Crippen molar-refractivity contribution in [2.24, 2.45) is 5.92 Å². The Morgan fingerprint density at radius 3 is 2.58 bits per heavy atom. The van der Waals surface area contributed by atoms with E-state index in [0.29, 0.717) is 29.0 Å². The zero-order valence-electron chi connectivity index (χ0n) is 15.6. The number of carbonyl (C=O) groups excluding carboxylic acids is 1. The number of thiophene rings is 1. The SMILES string of the molecule is Cc1sc2nc(CCC(=O)N(CCC(=O)O)CC(C)C)[nH]c(=O)c2c1C. The minimum absolute atomic E-state index is 0.0761. The van der Waals surface area contributed by atoms with Gasteiger partial charge >= 0.3 is 5.97 Å². The molecular weight excluding hydrogens is 354 g/mol. The van der Waals surface area contributed by atoms with E-state index in [4.69, 9.17) is 5.11 Å². The number of hydrogen-bond acceptors (Lipinski definition) is 5. The van der Waals surface area contributed by atoms with Crippen molar-refractivity contribution in [3.8, 4) is 0 Å². The van der Waals surface area contributed by atoms with E-state index in [0.717, 1.165) is 10.4 Å². The van der Waals surface area contributed by atoms with Gasteiger partial charge in [-0.1, -0.05) is 13.8 Å². The number of amides is 1. The molecule has 0 spiro atoms. The minimum atomic E-state index is -0.925. The second-order valence-electron chi connectivity index (χ2n) is 6.85. The molecule has 0 saturated heterocycles. The lowest BCUT2D eigenvalue weighted by atomic mass is 10.1. The number of aromatic nitrogens is 2. The van der Waals surface area contributed by atoms with Crippen LogP contribution >= 0.6 is 11.3 Å². The summed E-state index contributed by atoms with van der Waals surface area (Å²) in [5.74, 6) is -0.313. The van der Waals surface area contributed by atoms with E-state index in [1.807, 2.05) is 27.7 Å². The van der Waals surface area contributed by atoms with E-state index in [1.54, 1.807) is 4.90 Å². The Labute approximate surface area is 156 Å². The van der Waals surface area contributed by atoms with Gasteiger partial charge in [0.25, 0.3) is 5.56 Å². The highest BCUT2D eigenvalue weighted by Gasteiger charge is 2.17. The number of aliphatic carboxylic acids is 1. The van der Waals surface area contributed by atoms with Crippen molar-refractivity contribution in [2.45, 2.75) is 47.0 Å². The number of nitrogens with zero attached hydrogens (tertiary/aromatic N) is 2. The highest BCUT2D eigenvalue weighted by Crippen LogP contribution is 2.25. The summed E-state index contributed by atoms with van der Waals surface area (Å²) in [4.78, 5) is 46.1. The van der Waals surface area contributed by atoms with Crippen LogP contribution in [0.2, 0.25) is 0 Å². The summed E-state index contributed by atoms with van der Waals surface area (Å²) in [6, 6.07) is 0. The molecular formula is C18H25N3O4S. The molecule has 1 amide bonds. The first kappa shape index (κ1) is 20.1. The number of carboxylic acid groups (broad SMARTS) is 1. The summed E-state index contributed by atoms with van der Waals surface area (Å²) < 4.78 is 0. The molecule has 2 aromatic rings. The van der Waals surface area contributed by atoms with Gasteiger partial charge in [-0.15, -0.1) is 11.3 Å². The molecule has 0 fully saturated rings. The molecule has 142 valence electrons. The molecule has 2 aromatic heterocycles. The molecule has 2 N–H and O–H groups in total. The maximum absolute atomic E-state index is 12.5. The first-order chi connectivity index (χ1) is 12.2. The number of nitrogens with one attached hydrogen (secondary N) is 1. The molecule has 8 heteroatoms. The van der Waals surface area contributed by atoms with Gasteiger partial charge in [0, 0.05) is 30.8 Å². The fourth-order valence-corrected chi connectivity index (χ4v) is 3.84. The Morgan fingerprint density at radius 2 is 1.96 bits per heavy atom. The van der Waals surface area contributed by atoms with Crippen molar-refractivity contribution in [3.63, 3.8) is 0 Å². The summed E-state index contributed by atoms with van der Waals surface area (Å²) >= 11 is 1.48. The quantitative estimate of drug-likeness (QED) is 0.733. The number of H-pyrrole nitrogens is 1. The molecule has 2 rings (SSSR count). The van der Waals surface area contributed by atoms with E-state index < -0.39 is 5.97 Å². The molecule has 0 aromatic carbocycles. The Morgan fingerprint density at radius 1 is 1.27 bits per heavy atom. The molecule has 0 aliphatic rings. The van der Waals surface area contributed by atoms with Crippen LogP contribution in [0.25, 0.3) is 10.2 Å². The Bertz CT molecular complexity index is 869. The first-order valence-corrected chi connectivity index (χ1v) is 9.49. The third-order valence-electron chi connectivity index (χ3n) is 4.20. The van der Waals surface area contributed by atoms with Gasteiger partial charge in [0.1, 0.15) is 10.7 Å². The van der Waals surface area contributed by atoms with Gasteiger partial charge in [0.2, 0.25) is 5.91 Å². The summed E-state index contributed by atoms with van der Waals surface area (Å²) in [5, 5.41) is 9.47. The number of hydrogen-bond donors (Lipinski definition) is 2. The number of aryl methyl sites for hydroxylation is 3. The average Bonchev–Trinajstić information content (AvgIpc) is 2.83. The van der Waals surface area contributed by atoms with Crippen LogP contribution in [-0.4, -0.2) is 44.9 Å². The van der Waals surface area contributed by atoms with Gasteiger partial charge in [0.15, 0.2) is 0 Å². The molecule has 0 aliphatic carbocycles. The van der Waals surface area contributed by atoms with Crippen LogP contribution in [0.4, 0.5) is 0 Å². The van der Waals surface area contributed by atoms with Crippen LogP contribution in [-0.2, 0) is 16.0 Å². The van der Waals surface area contributed by atoms with Crippen LogP contribution in [0.15, 0.2) is 4.79 Å². The lowest BCUT2D eigenvalue weighted by Crippen LogP contribution is -2.36. The number of carboxylic acids is 1. The van der Waals surface area contributed by atoms with Crippen molar-refractivity contribution in [1.29, 1.82) is 0 Å². The maximum Gasteiger partial charge on any atom is 0.305 e. The fourth-order valence-electron chi connectivity index (χ4n) is 2.79. The number of fused-ring (bicyclic) bond motifs is 1. The average molecular weight is 379 g/mol. The minimum Gasteiger partial charge on any atom is -0.481 e. The van der Waals surface area contributed by atoms with Gasteiger partial charge in [-0.05, 0) is 25.3 Å². The third-order valence-corrected chi connectivity index (χ3v) is 5.30. The molecule has 26 heavy (non-hydrogen) atoms. The fraction of sp³-hybridized carbons (Fsp3) is 0.556. The van der Waals surface area contributed by atoms with Crippen LogP contribution in [0.1, 0.15) is 43.0 Å². The molecule has 0 bridgehead atoms. The van der Waals surface area contributed by atoms with Gasteiger partial charge in [0.05, 0.1) is 11.8 Å². The first-order valence-electron chi connectivity index (χ1n) is 8.67. The third kappa shape index (κ3) is 4.91. The zero-order valence-corrected chi connectivity index (χ0v) is 16.4. The van der Waals surface area contributed by atoms with Crippen molar-refractivity contribution < 1.29 is 14.7 Å². The predicted octanol–water partition coefficient (Wildman–Crippen LogP) is 2.49. The van der Waals surface area contributed by atoms with E-state index in [9.17, 15) is 14.4 Å². The number of rotatable bonds is 8. The van der Waals surface area contributed by atoms with Crippen LogP contribution < -0.4 is 5.56 Å². The molecule has 0 aliphatic heterocycles. The Kier molecular flexibility index (Phi) is 6.52. The molecule has 0 saturated carbocycles. The number of aromatic amines is 1. The Hall–Kier alpha value is -2.22. The highest BCUT2D eigenvalue weighted by molar-refractivity contribution is 7.18. The predicted molar refractivity (Wildman–Crippen MR) is 102 cm³/mol. The lowest BCUT2D eigenvalue weighted by molar-refractivity contribution is -0.138. The van der Waals surface area contributed by atoms with E-state index >= 15 is 0 Å². The van der Waals surface area contributed by atoms with Crippen LogP contribution in [0.5, 0.6) is 0 Å². The van der Waals surface area contributed by atoms with Gasteiger partial charge in [-0.3, -0.25) is 14.4 Å². The molecule has 2 heterocycles. The second kappa shape index (κ2) is 8.44. The smallest absolute Gasteiger partial charge is 0.305 e. The zero-order chi connectivity index (χ0) is 19.4. The maximum atomic E-state index is 12.5. The topological polar surface area (TPSA) is 103 Å². The van der Waals surface area contributed by atoms with Crippen LogP contribution in [0, 0.1) is 19.8 Å². The summed E-state index contributed by atoms with van der Waals surface area (Å²) in [6.45, 7) is 8.53. The van der Waals surface area contributed by atoms with E-state index in [2.05, 4.69) is 9.97 Å². The van der Waals surface area contributed by atoms with Crippen molar-refractivity contribution in [3.05, 3.63) is 26.6 Å². The van der Waals surface area contributed by atoms with Gasteiger partial charge < -0.3 is 15.0 Å². The van der Waals surface area contributed by atoms with Crippen molar-refractivity contribution in [2.75, 3.05) is 13.1 Å². The van der Waals surface area contributed by atoms with Gasteiger partial charge in [-0.2, -0.15) is 0 Å². The monoisotopic (exact) mass is 379 g/mol. The van der Waals surface area contributed by atoms with Gasteiger partial charge in [-0.25, -0.2) is 4.98 Å². The molecule has 0 unspecified atom stereocenters. The Balaban J connectivity index is 2.10. The summed E-state index contributed by atoms with van der Waals surface area (Å²) in [5.41, 5.74) is 0.766. The van der Waals surface area contributed by atoms with Crippen molar-refractivity contribution in [1.82, 2.24) is 14.9 Å². The summed E-state index contributed by atoms with van der Waals surface area (Å²) in [7, 11) is 0. The largest absolute Gasteiger partial charge is 0.481 e. The highest BCUT2D eigenvalue weighted by atomic mass is 32.1. The van der Waals surface area contributed by atoms with E-state index in [1.165, 1.54) is 11.3 Å². The van der Waals surface area contributed by atoms with Crippen LogP contribution in [0.3, 0.4) is 0 Å².